The van der Waals surface area contributed by atoms with Crippen LogP contribution in [0.5, 0.6) is 0 Å². The number of fused-ring (bicyclic) bond motifs is 1. The van der Waals surface area contributed by atoms with E-state index in [1.807, 2.05) is 19.2 Å². The smallest absolute Gasteiger partial charge is 0.160 e. The van der Waals surface area contributed by atoms with Gasteiger partial charge in [0.1, 0.15) is 11.3 Å². The maximum atomic E-state index is 6.26. The van der Waals surface area contributed by atoms with Crippen molar-refractivity contribution in [3.8, 4) is 0 Å². The highest BCUT2D eigenvalue weighted by molar-refractivity contribution is 9.10. The highest BCUT2D eigenvalue weighted by Crippen LogP contribution is 2.48. The maximum Gasteiger partial charge on any atom is 0.160 e. The van der Waals surface area contributed by atoms with Gasteiger partial charge in [-0.2, -0.15) is 0 Å². The van der Waals surface area contributed by atoms with Gasteiger partial charge in [0.15, 0.2) is 5.65 Å². The second-order valence-corrected chi connectivity index (χ2v) is 6.49. The van der Waals surface area contributed by atoms with Crippen molar-refractivity contribution >= 4 is 38.7 Å². The molecule has 0 bridgehead atoms. The van der Waals surface area contributed by atoms with E-state index in [1.54, 1.807) is 0 Å². The molecule has 0 aliphatic heterocycles. The van der Waals surface area contributed by atoms with Crippen LogP contribution in [-0.4, -0.2) is 14.5 Å². The summed E-state index contributed by atoms with van der Waals surface area (Å²) in [5.74, 6) is 1.69. The minimum atomic E-state index is -0.0870. The zero-order valence-electron chi connectivity index (χ0n) is 10.4. The number of hydrogen-bond donors (Lipinski definition) is 0. The fourth-order valence-corrected chi connectivity index (χ4v) is 3.04. The van der Waals surface area contributed by atoms with Crippen LogP contribution in [-0.2, 0) is 0 Å². The van der Waals surface area contributed by atoms with E-state index in [0.29, 0.717) is 6.04 Å². The SMILES string of the molecule is CCC1CC1n1c(C(C)Cl)nc2cc(Br)cnc21. The molecule has 1 saturated carbocycles. The number of rotatable bonds is 3. The van der Waals surface area contributed by atoms with Gasteiger partial charge >= 0.3 is 0 Å². The van der Waals surface area contributed by atoms with Crippen LogP contribution in [0.4, 0.5) is 0 Å². The lowest BCUT2D eigenvalue weighted by molar-refractivity contribution is 0.621. The first-order chi connectivity index (χ1) is 8.61. The van der Waals surface area contributed by atoms with Gasteiger partial charge in [0.05, 0.1) is 5.38 Å². The van der Waals surface area contributed by atoms with Gasteiger partial charge in [-0.25, -0.2) is 9.97 Å². The molecule has 3 rings (SSSR count). The lowest BCUT2D eigenvalue weighted by Crippen LogP contribution is -2.04. The second kappa shape index (κ2) is 4.49. The Kier molecular flexibility index (Phi) is 3.10. The molecule has 0 saturated heterocycles. The van der Waals surface area contributed by atoms with Gasteiger partial charge in [0, 0.05) is 16.7 Å². The van der Waals surface area contributed by atoms with Crippen molar-refractivity contribution < 1.29 is 0 Å². The number of imidazole rings is 1. The van der Waals surface area contributed by atoms with Crippen molar-refractivity contribution in [2.24, 2.45) is 5.92 Å². The Morgan fingerprint density at radius 2 is 2.39 bits per heavy atom. The lowest BCUT2D eigenvalue weighted by atomic mass is 10.3. The number of pyridine rings is 1. The Hall–Kier alpha value is -0.610. The van der Waals surface area contributed by atoms with Crippen LogP contribution in [0.25, 0.3) is 11.2 Å². The molecule has 3 nitrogen and oxygen atoms in total. The Labute approximate surface area is 120 Å². The van der Waals surface area contributed by atoms with E-state index < -0.39 is 0 Å². The normalized spacial score (nSPS) is 24.4. The van der Waals surface area contributed by atoms with Crippen molar-refractivity contribution in [3.05, 3.63) is 22.6 Å². The van der Waals surface area contributed by atoms with Gasteiger partial charge in [-0.1, -0.05) is 13.3 Å². The van der Waals surface area contributed by atoms with Crippen LogP contribution in [0.2, 0.25) is 0 Å². The highest BCUT2D eigenvalue weighted by Gasteiger charge is 2.40. The van der Waals surface area contributed by atoms with Gasteiger partial charge in [-0.15, -0.1) is 11.6 Å². The van der Waals surface area contributed by atoms with Crippen LogP contribution in [0.15, 0.2) is 16.7 Å². The van der Waals surface area contributed by atoms with E-state index in [1.165, 1.54) is 12.8 Å². The topological polar surface area (TPSA) is 30.7 Å². The summed E-state index contributed by atoms with van der Waals surface area (Å²) in [5, 5.41) is -0.0870. The first kappa shape index (κ1) is 12.4. The maximum absolute atomic E-state index is 6.26. The summed E-state index contributed by atoms with van der Waals surface area (Å²) in [6.07, 6.45) is 4.25. The van der Waals surface area contributed by atoms with Crippen molar-refractivity contribution in [2.45, 2.75) is 38.1 Å². The largest absolute Gasteiger partial charge is 0.308 e. The van der Waals surface area contributed by atoms with Gasteiger partial charge in [-0.3, -0.25) is 0 Å². The first-order valence-electron chi connectivity index (χ1n) is 6.29. The molecule has 2 aromatic heterocycles. The van der Waals surface area contributed by atoms with E-state index in [4.69, 9.17) is 11.6 Å². The summed E-state index contributed by atoms with van der Waals surface area (Å²) in [5.41, 5.74) is 1.88. The molecule has 2 heterocycles. The Balaban J connectivity index is 2.17. The van der Waals surface area contributed by atoms with E-state index >= 15 is 0 Å². The summed E-state index contributed by atoms with van der Waals surface area (Å²) in [6.45, 7) is 4.20. The number of halogens is 2. The molecule has 0 spiro atoms. The molecule has 96 valence electrons. The summed E-state index contributed by atoms with van der Waals surface area (Å²) in [4.78, 5) is 9.15. The zero-order chi connectivity index (χ0) is 12.9. The van der Waals surface area contributed by atoms with Crippen molar-refractivity contribution in [3.63, 3.8) is 0 Å². The molecular formula is C13H15BrClN3. The molecule has 2 aromatic rings. The fraction of sp³-hybridized carbons (Fsp3) is 0.538. The van der Waals surface area contributed by atoms with Gasteiger partial charge < -0.3 is 4.57 Å². The molecule has 5 heteroatoms. The Bertz CT molecular complexity index is 593. The number of nitrogens with zero attached hydrogens (tertiary/aromatic N) is 3. The third-order valence-electron chi connectivity index (χ3n) is 3.62. The van der Waals surface area contributed by atoms with Crippen LogP contribution in [0.1, 0.15) is 43.9 Å². The van der Waals surface area contributed by atoms with Crippen LogP contribution >= 0.6 is 27.5 Å². The van der Waals surface area contributed by atoms with E-state index in [9.17, 15) is 0 Å². The molecule has 0 N–H and O–H groups in total. The van der Waals surface area contributed by atoms with Gasteiger partial charge in [0.2, 0.25) is 0 Å². The van der Waals surface area contributed by atoms with Crippen LogP contribution in [0.3, 0.4) is 0 Å². The molecule has 1 aliphatic carbocycles. The van der Waals surface area contributed by atoms with Gasteiger partial charge in [0.25, 0.3) is 0 Å². The molecule has 0 aromatic carbocycles. The molecule has 3 unspecified atom stereocenters. The molecule has 3 atom stereocenters. The molecular weight excluding hydrogens is 314 g/mol. The molecule has 0 radical (unpaired) electrons. The molecule has 1 fully saturated rings. The number of aromatic nitrogens is 3. The van der Waals surface area contributed by atoms with E-state index in [0.717, 1.165) is 27.4 Å². The van der Waals surface area contributed by atoms with Crippen LogP contribution in [0, 0.1) is 5.92 Å². The third-order valence-corrected chi connectivity index (χ3v) is 4.25. The first-order valence-corrected chi connectivity index (χ1v) is 7.52. The summed E-state index contributed by atoms with van der Waals surface area (Å²) in [7, 11) is 0. The average molecular weight is 329 g/mol. The van der Waals surface area contributed by atoms with E-state index in [2.05, 4.69) is 37.4 Å². The van der Waals surface area contributed by atoms with Crippen molar-refractivity contribution in [2.75, 3.05) is 0 Å². The quantitative estimate of drug-likeness (QED) is 0.779. The van der Waals surface area contributed by atoms with Crippen molar-refractivity contribution in [1.29, 1.82) is 0 Å². The van der Waals surface area contributed by atoms with Gasteiger partial charge in [-0.05, 0) is 41.3 Å². The minimum Gasteiger partial charge on any atom is -0.308 e. The number of alkyl halides is 1. The summed E-state index contributed by atoms with van der Waals surface area (Å²) in [6, 6.07) is 2.54. The predicted octanol–water partition coefficient (Wildman–Crippen LogP) is 4.46. The Morgan fingerprint density at radius 3 is 3.00 bits per heavy atom. The van der Waals surface area contributed by atoms with Crippen molar-refractivity contribution in [1.82, 2.24) is 14.5 Å². The highest BCUT2D eigenvalue weighted by atomic mass is 79.9. The predicted molar refractivity (Wildman–Crippen MR) is 76.9 cm³/mol. The summed E-state index contributed by atoms with van der Waals surface area (Å²) < 4.78 is 3.20. The standard InChI is InChI=1S/C13H15BrClN3/c1-3-8-4-11(8)18-12(7(2)15)17-10-5-9(14)6-16-13(10)18/h5-8,11H,3-4H2,1-2H3. The minimum absolute atomic E-state index is 0.0870. The zero-order valence-corrected chi connectivity index (χ0v) is 12.7. The second-order valence-electron chi connectivity index (χ2n) is 4.92. The average Bonchev–Trinajstić information content (AvgIpc) is 3.01. The molecule has 0 amide bonds. The molecule has 1 aliphatic rings. The Morgan fingerprint density at radius 1 is 1.61 bits per heavy atom. The molecule has 18 heavy (non-hydrogen) atoms. The third kappa shape index (κ3) is 1.95. The monoisotopic (exact) mass is 327 g/mol. The fourth-order valence-electron chi connectivity index (χ4n) is 2.57. The van der Waals surface area contributed by atoms with Crippen LogP contribution < -0.4 is 0 Å². The lowest BCUT2D eigenvalue weighted by Gasteiger charge is -2.09. The van der Waals surface area contributed by atoms with E-state index in [-0.39, 0.29) is 5.38 Å². The summed E-state index contributed by atoms with van der Waals surface area (Å²) >= 11 is 9.70. The number of hydrogen-bond acceptors (Lipinski definition) is 2.